The fourth-order valence-corrected chi connectivity index (χ4v) is 1.13. The highest BCUT2D eigenvalue weighted by Gasteiger charge is 2.21. The zero-order valence-electron chi connectivity index (χ0n) is 8.20. The minimum absolute atomic E-state index is 0.258. The molecule has 4 heteroatoms. The second-order valence-corrected chi connectivity index (χ2v) is 2.97. The Morgan fingerprint density at radius 2 is 1.77 bits per heavy atom. The molecule has 0 atom stereocenters. The summed E-state index contributed by atoms with van der Waals surface area (Å²) < 4.78 is 4.54. The minimum Gasteiger partial charge on any atom is -0.466 e. The SMILES string of the molecule is COC(=O)C(=C(C)C)C(CO)CO. The summed E-state index contributed by atoms with van der Waals surface area (Å²) >= 11 is 0. The van der Waals surface area contributed by atoms with E-state index in [1.165, 1.54) is 7.11 Å². The maximum Gasteiger partial charge on any atom is 0.334 e. The molecule has 0 aromatic rings. The van der Waals surface area contributed by atoms with Crippen molar-refractivity contribution in [2.75, 3.05) is 20.3 Å². The first-order valence-electron chi connectivity index (χ1n) is 4.05. The molecule has 0 rings (SSSR count). The minimum atomic E-state index is -0.544. The summed E-state index contributed by atoms with van der Waals surface area (Å²) in [6.45, 7) is 2.97. The van der Waals surface area contributed by atoms with Crippen molar-refractivity contribution in [2.45, 2.75) is 13.8 Å². The number of aliphatic hydroxyl groups is 2. The van der Waals surface area contributed by atoms with Gasteiger partial charge >= 0.3 is 5.97 Å². The van der Waals surface area contributed by atoms with Crippen LogP contribution < -0.4 is 0 Å². The van der Waals surface area contributed by atoms with Gasteiger partial charge in [0.1, 0.15) is 0 Å². The molecule has 0 aliphatic carbocycles. The van der Waals surface area contributed by atoms with Gasteiger partial charge in [-0.25, -0.2) is 4.79 Å². The van der Waals surface area contributed by atoms with Crippen molar-refractivity contribution >= 4 is 5.97 Å². The largest absolute Gasteiger partial charge is 0.466 e. The first-order valence-corrected chi connectivity index (χ1v) is 4.05. The molecule has 0 aromatic heterocycles. The molecule has 76 valence electrons. The van der Waals surface area contributed by atoms with Crippen LogP contribution in [0.3, 0.4) is 0 Å². The molecule has 0 amide bonds. The highest BCUT2D eigenvalue weighted by molar-refractivity contribution is 5.89. The molecule has 2 N–H and O–H groups in total. The van der Waals surface area contributed by atoms with Crippen molar-refractivity contribution < 1.29 is 19.7 Å². The van der Waals surface area contributed by atoms with Crippen LogP contribution in [0.25, 0.3) is 0 Å². The van der Waals surface area contributed by atoms with E-state index < -0.39 is 11.9 Å². The van der Waals surface area contributed by atoms with E-state index >= 15 is 0 Å². The van der Waals surface area contributed by atoms with Crippen molar-refractivity contribution in [2.24, 2.45) is 5.92 Å². The van der Waals surface area contributed by atoms with Crippen LogP contribution >= 0.6 is 0 Å². The zero-order chi connectivity index (χ0) is 10.4. The summed E-state index contributed by atoms with van der Waals surface area (Å²) in [5, 5.41) is 17.8. The van der Waals surface area contributed by atoms with E-state index in [0.717, 1.165) is 5.57 Å². The predicted molar refractivity (Wildman–Crippen MR) is 48.1 cm³/mol. The lowest BCUT2D eigenvalue weighted by molar-refractivity contribution is -0.137. The average molecular weight is 188 g/mol. The number of carbonyl (C=O) groups is 1. The first kappa shape index (κ1) is 12.1. The van der Waals surface area contributed by atoms with Crippen LogP contribution in [-0.2, 0) is 9.53 Å². The molecule has 0 aliphatic heterocycles. The van der Waals surface area contributed by atoms with Gasteiger partial charge in [-0.3, -0.25) is 0 Å². The number of esters is 1. The molecule has 0 spiro atoms. The van der Waals surface area contributed by atoms with E-state index in [1.807, 2.05) is 0 Å². The third kappa shape index (κ3) is 3.16. The van der Waals surface area contributed by atoms with Crippen LogP contribution in [0.4, 0.5) is 0 Å². The molecule has 0 bridgehead atoms. The molecule has 0 saturated heterocycles. The molecule has 4 nitrogen and oxygen atoms in total. The third-order valence-electron chi connectivity index (χ3n) is 1.79. The zero-order valence-corrected chi connectivity index (χ0v) is 8.20. The van der Waals surface area contributed by atoms with E-state index in [0.29, 0.717) is 5.57 Å². The molecule has 0 aliphatic rings. The summed E-state index contributed by atoms with van der Waals surface area (Å²) in [5.74, 6) is -1.04. The Labute approximate surface area is 77.8 Å². The summed E-state index contributed by atoms with van der Waals surface area (Å²) in [5.41, 5.74) is 1.10. The number of allylic oxidation sites excluding steroid dienone is 1. The Bertz CT molecular complexity index is 200. The maximum absolute atomic E-state index is 11.2. The topological polar surface area (TPSA) is 66.8 Å². The Balaban J connectivity index is 4.82. The molecule has 0 aromatic carbocycles. The third-order valence-corrected chi connectivity index (χ3v) is 1.79. The average Bonchev–Trinajstić information content (AvgIpc) is 2.12. The van der Waals surface area contributed by atoms with Crippen LogP contribution in [0, 0.1) is 5.92 Å². The number of hydrogen-bond acceptors (Lipinski definition) is 4. The van der Waals surface area contributed by atoms with Gasteiger partial charge in [0.25, 0.3) is 0 Å². The van der Waals surface area contributed by atoms with Crippen molar-refractivity contribution in [3.05, 3.63) is 11.1 Å². The lowest BCUT2D eigenvalue weighted by Gasteiger charge is -2.15. The quantitative estimate of drug-likeness (QED) is 0.485. The van der Waals surface area contributed by atoms with Crippen LogP contribution in [0.2, 0.25) is 0 Å². The predicted octanol–water partition coefficient (Wildman–Crippen LogP) is 0.0966. The summed E-state index contributed by atoms with van der Waals surface area (Å²) in [4.78, 5) is 11.2. The highest BCUT2D eigenvalue weighted by atomic mass is 16.5. The number of carbonyl (C=O) groups excluding carboxylic acids is 1. The summed E-state index contributed by atoms with van der Waals surface area (Å²) in [6.07, 6.45) is 0. The fraction of sp³-hybridized carbons (Fsp3) is 0.667. The van der Waals surface area contributed by atoms with E-state index in [1.54, 1.807) is 13.8 Å². The van der Waals surface area contributed by atoms with Gasteiger partial charge in [0.2, 0.25) is 0 Å². The molecule has 0 saturated carbocycles. The van der Waals surface area contributed by atoms with Gasteiger partial charge in [0.15, 0.2) is 0 Å². The van der Waals surface area contributed by atoms with Crippen LogP contribution in [0.15, 0.2) is 11.1 Å². The van der Waals surface area contributed by atoms with E-state index in [2.05, 4.69) is 4.74 Å². The van der Waals surface area contributed by atoms with Crippen molar-refractivity contribution in [3.63, 3.8) is 0 Å². The number of methoxy groups -OCH3 is 1. The Kier molecular flexibility index (Phi) is 5.34. The van der Waals surface area contributed by atoms with Crippen molar-refractivity contribution in [1.82, 2.24) is 0 Å². The highest BCUT2D eigenvalue weighted by Crippen LogP contribution is 2.16. The van der Waals surface area contributed by atoms with E-state index in [9.17, 15) is 4.79 Å². The van der Waals surface area contributed by atoms with Crippen LogP contribution in [-0.4, -0.2) is 36.5 Å². The van der Waals surface area contributed by atoms with Gasteiger partial charge in [-0.05, 0) is 13.8 Å². The Hall–Kier alpha value is -0.870. The fourth-order valence-electron chi connectivity index (χ4n) is 1.13. The van der Waals surface area contributed by atoms with Crippen LogP contribution in [0.1, 0.15) is 13.8 Å². The standard InChI is InChI=1S/C9H16O4/c1-6(2)8(9(12)13-3)7(4-10)5-11/h7,10-11H,4-5H2,1-3H3. The van der Waals surface area contributed by atoms with E-state index in [-0.39, 0.29) is 13.2 Å². The number of aliphatic hydroxyl groups excluding tert-OH is 2. The summed E-state index contributed by atoms with van der Waals surface area (Å²) in [6, 6.07) is 0. The lowest BCUT2D eigenvalue weighted by atomic mass is 9.97. The van der Waals surface area contributed by atoms with Gasteiger partial charge in [-0.2, -0.15) is 0 Å². The number of hydrogen-bond donors (Lipinski definition) is 2. The summed E-state index contributed by atoms with van der Waals surface area (Å²) in [7, 11) is 1.27. The lowest BCUT2D eigenvalue weighted by Crippen LogP contribution is -2.22. The number of ether oxygens (including phenoxy) is 1. The molecule has 0 radical (unpaired) electrons. The first-order chi connectivity index (χ1) is 6.08. The van der Waals surface area contributed by atoms with E-state index in [4.69, 9.17) is 10.2 Å². The molecular formula is C9H16O4. The maximum atomic E-state index is 11.2. The molecule has 0 heterocycles. The molecule has 0 fully saturated rings. The van der Waals surface area contributed by atoms with Gasteiger partial charge < -0.3 is 14.9 Å². The van der Waals surface area contributed by atoms with Crippen molar-refractivity contribution in [1.29, 1.82) is 0 Å². The van der Waals surface area contributed by atoms with Gasteiger partial charge in [-0.1, -0.05) is 5.57 Å². The number of rotatable bonds is 4. The smallest absolute Gasteiger partial charge is 0.334 e. The van der Waals surface area contributed by atoms with Gasteiger partial charge in [0, 0.05) is 11.5 Å². The Morgan fingerprint density at radius 1 is 1.31 bits per heavy atom. The second kappa shape index (κ2) is 5.72. The Morgan fingerprint density at radius 3 is 2.00 bits per heavy atom. The molecular weight excluding hydrogens is 172 g/mol. The second-order valence-electron chi connectivity index (χ2n) is 2.97. The molecule has 13 heavy (non-hydrogen) atoms. The molecule has 0 unspecified atom stereocenters. The monoisotopic (exact) mass is 188 g/mol. The van der Waals surface area contributed by atoms with Crippen molar-refractivity contribution in [3.8, 4) is 0 Å². The van der Waals surface area contributed by atoms with Gasteiger partial charge in [0.05, 0.1) is 20.3 Å². The normalized spacial score (nSPS) is 10.0. The van der Waals surface area contributed by atoms with Crippen LogP contribution in [0.5, 0.6) is 0 Å². The van der Waals surface area contributed by atoms with Gasteiger partial charge in [-0.15, -0.1) is 0 Å².